The van der Waals surface area contributed by atoms with E-state index in [4.69, 9.17) is 4.74 Å². The van der Waals surface area contributed by atoms with Crippen LogP contribution in [0.1, 0.15) is 20.8 Å². The van der Waals surface area contributed by atoms with Crippen LogP contribution in [0.4, 0.5) is 4.79 Å². The van der Waals surface area contributed by atoms with E-state index in [1.165, 1.54) is 0 Å². The van der Waals surface area contributed by atoms with Crippen molar-refractivity contribution < 1.29 is 9.53 Å². The summed E-state index contributed by atoms with van der Waals surface area (Å²) >= 11 is 1.61. The van der Waals surface area contributed by atoms with Gasteiger partial charge in [0.2, 0.25) is 0 Å². The maximum absolute atomic E-state index is 12.6. The number of rotatable bonds is 1. The minimum Gasteiger partial charge on any atom is -0.443 e. The molecule has 3 nitrogen and oxygen atoms in total. The van der Waals surface area contributed by atoms with Gasteiger partial charge in [-0.25, -0.2) is 9.36 Å². The van der Waals surface area contributed by atoms with E-state index in [0.717, 1.165) is 22.2 Å². The topological polar surface area (TPSA) is 31.2 Å². The third-order valence-electron chi connectivity index (χ3n) is 3.10. The molecule has 0 aliphatic rings. The van der Waals surface area contributed by atoms with Crippen molar-refractivity contribution in [3.63, 3.8) is 0 Å². The first-order chi connectivity index (χ1) is 9.96. The number of ether oxygens (including phenoxy) is 1. The Labute approximate surface area is 127 Å². The fraction of sp³-hybridized carbons (Fsp3) is 0.235. The van der Waals surface area contributed by atoms with E-state index in [9.17, 15) is 4.79 Å². The fourth-order valence-corrected chi connectivity index (χ4v) is 2.93. The average Bonchev–Trinajstić information content (AvgIpc) is 3.03. The zero-order valence-corrected chi connectivity index (χ0v) is 13.1. The molecule has 0 spiro atoms. The summed E-state index contributed by atoms with van der Waals surface area (Å²) in [6.07, 6.45) is -0.343. The number of aromatic nitrogens is 1. The van der Waals surface area contributed by atoms with Crippen molar-refractivity contribution in [1.82, 2.24) is 4.57 Å². The number of para-hydroxylation sites is 1. The quantitative estimate of drug-likeness (QED) is 0.622. The van der Waals surface area contributed by atoms with Crippen LogP contribution >= 0.6 is 11.3 Å². The normalized spacial score (nSPS) is 11.8. The van der Waals surface area contributed by atoms with E-state index < -0.39 is 5.60 Å². The van der Waals surface area contributed by atoms with Gasteiger partial charge in [0.1, 0.15) is 5.60 Å². The average molecular weight is 299 g/mol. The SMILES string of the molecule is CC(C)(C)OC(=O)n1c(-c2ccsc2)cc2ccccc21. The van der Waals surface area contributed by atoms with Crippen LogP contribution < -0.4 is 0 Å². The molecule has 2 heterocycles. The first-order valence-corrected chi connectivity index (χ1v) is 7.76. The van der Waals surface area contributed by atoms with Crippen LogP contribution in [0.2, 0.25) is 0 Å². The highest BCUT2D eigenvalue weighted by Gasteiger charge is 2.22. The summed E-state index contributed by atoms with van der Waals surface area (Å²) in [5.41, 5.74) is 2.25. The Kier molecular flexibility index (Phi) is 3.33. The predicted molar refractivity (Wildman–Crippen MR) is 86.9 cm³/mol. The zero-order chi connectivity index (χ0) is 15.0. The Morgan fingerprint density at radius 2 is 1.95 bits per heavy atom. The number of fused-ring (bicyclic) bond motifs is 1. The van der Waals surface area contributed by atoms with Crippen molar-refractivity contribution in [1.29, 1.82) is 0 Å². The number of carbonyl (C=O) groups is 1. The lowest BCUT2D eigenvalue weighted by Gasteiger charge is -2.20. The van der Waals surface area contributed by atoms with Gasteiger partial charge >= 0.3 is 6.09 Å². The van der Waals surface area contributed by atoms with Crippen LogP contribution in [0, 0.1) is 0 Å². The number of nitrogens with zero attached hydrogens (tertiary/aromatic N) is 1. The van der Waals surface area contributed by atoms with Crippen LogP contribution in [-0.2, 0) is 4.74 Å². The lowest BCUT2D eigenvalue weighted by molar-refractivity contribution is 0.0547. The minimum atomic E-state index is -0.519. The molecule has 21 heavy (non-hydrogen) atoms. The first-order valence-electron chi connectivity index (χ1n) is 6.82. The standard InChI is InChI=1S/C17H17NO2S/c1-17(2,3)20-16(19)18-14-7-5-4-6-12(14)10-15(18)13-8-9-21-11-13/h4-11H,1-3H3. The molecular weight excluding hydrogens is 282 g/mol. The molecule has 0 aliphatic carbocycles. The molecule has 108 valence electrons. The van der Waals surface area contributed by atoms with Crippen LogP contribution in [0.5, 0.6) is 0 Å². The highest BCUT2D eigenvalue weighted by atomic mass is 32.1. The van der Waals surface area contributed by atoms with E-state index >= 15 is 0 Å². The van der Waals surface area contributed by atoms with E-state index in [2.05, 4.69) is 0 Å². The van der Waals surface area contributed by atoms with Crippen LogP contribution in [-0.4, -0.2) is 16.3 Å². The Balaban J connectivity index is 2.19. The first kappa shape index (κ1) is 13.9. The van der Waals surface area contributed by atoms with Gasteiger partial charge < -0.3 is 4.74 Å². The van der Waals surface area contributed by atoms with Gasteiger partial charge in [0, 0.05) is 16.3 Å². The Hall–Kier alpha value is -2.07. The van der Waals surface area contributed by atoms with E-state index in [1.54, 1.807) is 15.9 Å². The zero-order valence-electron chi connectivity index (χ0n) is 12.3. The van der Waals surface area contributed by atoms with Gasteiger partial charge in [-0.3, -0.25) is 0 Å². The van der Waals surface area contributed by atoms with Gasteiger partial charge in [0.25, 0.3) is 0 Å². The molecule has 1 aromatic carbocycles. The van der Waals surface area contributed by atoms with Gasteiger partial charge in [-0.15, -0.1) is 0 Å². The second kappa shape index (κ2) is 5.04. The van der Waals surface area contributed by atoms with Crippen LogP contribution in [0.3, 0.4) is 0 Å². The molecule has 3 aromatic rings. The number of hydrogen-bond acceptors (Lipinski definition) is 3. The van der Waals surface area contributed by atoms with Crippen molar-refractivity contribution >= 4 is 28.3 Å². The lowest BCUT2D eigenvalue weighted by atomic mass is 10.2. The van der Waals surface area contributed by atoms with Gasteiger partial charge in [0.15, 0.2) is 0 Å². The second-order valence-electron chi connectivity index (χ2n) is 5.92. The van der Waals surface area contributed by atoms with Crippen molar-refractivity contribution in [2.24, 2.45) is 0 Å². The van der Waals surface area contributed by atoms with E-state index in [-0.39, 0.29) is 6.09 Å². The third kappa shape index (κ3) is 2.72. The summed E-state index contributed by atoms with van der Waals surface area (Å²) in [6.45, 7) is 5.63. The Morgan fingerprint density at radius 3 is 2.62 bits per heavy atom. The predicted octanol–water partition coefficient (Wildman–Crippen LogP) is 5.15. The largest absolute Gasteiger partial charge is 0.443 e. The minimum absolute atomic E-state index is 0.343. The fourth-order valence-electron chi connectivity index (χ4n) is 2.28. The summed E-state index contributed by atoms with van der Waals surface area (Å²) in [5.74, 6) is 0. The number of carbonyl (C=O) groups excluding carboxylic acids is 1. The van der Waals surface area contributed by atoms with Crippen molar-refractivity contribution in [3.05, 3.63) is 47.2 Å². The van der Waals surface area contributed by atoms with Crippen LogP contribution in [0.15, 0.2) is 47.2 Å². The Morgan fingerprint density at radius 1 is 1.19 bits per heavy atom. The molecule has 4 heteroatoms. The molecule has 0 radical (unpaired) electrons. The van der Waals surface area contributed by atoms with Crippen molar-refractivity contribution in [3.8, 4) is 11.3 Å². The maximum atomic E-state index is 12.6. The molecule has 3 rings (SSSR count). The number of benzene rings is 1. The van der Waals surface area contributed by atoms with E-state index in [1.807, 2.05) is 67.9 Å². The van der Waals surface area contributed by atoms with Crippen LogP contribution in [0.25, 0.3) is 22.2 Å². The molecule has 0 unspecified atom stereocenters. The maximum Gasteiger partial charge on any atom is 0.419 e. The van der Waals surface area contributed by atoms with Gasteiger partial charge in [-0.2, -0.15) is 11.3 Å². The lowest BCUT2D eigenvalue weighted by Crippen LogP contribution is -2.27. The summed E-state index contributed by atoms with van der Waals surface area (Å²) in [7, 11) is 0. The highest BCUT2D eigenvalue weighted by Crippen LogP contribution is 2.30. The molecular formula is C17H17NO2S. The molecule has 0 aliphatic heterocycles. The van der Waals surface area contributed by atoms with Crippen molar-refractivity contribution in [2.45, 2.75) is 26.4 Å². The smallest absolute Gasteiger partial charge is 0.419 e. The summed E-state index contributed by atoms with van der Waals surface area (Å²) in [5, 5.41) is 5.08. The molecule has 2 aromatic heterocycles. The van der Waals surface area contributed by atoms with Gasteiger partial charge in [-0.05, 0) is 44.4 Å². The number of thiophene rings is 1. The van der Waals surface area contributed by atoms with Crippen molar-refractivity contribution in [2.75, 3.05) is 0 Å². The Bertz CT molecular complexity index is 779. The van der Waals surface area contributed by atoms with Gasteiger partial charge in [0.05, 0.1) is 11.2 Å². The highest BCUT2D eigenvalue weighted by molar-refractivity contribution is 7.08. The molecule has 0 fully saturated rings. The number of hydrogen-bond donors (Lipinski definition) is 0. The molecule has 0 bridgehead atoms. The summed E-state index contributed by atoms with van der Waals surface area (Å²) < 4.78 is 7.21. The molecule has 0 N–H and O–H groups in total. The molecule has 0 atom stereocenters. The second-order valence-corrected chi connectivity index (χ2v) is 6.70. The summed E-state index contributed by atoms with van der Waals surface area (Å²) in [6, 6.07) is 11.9. The molecule has 0 saturated heterocycles. The molecule has 0 amide bonds. The van der Waals surface area contributed by atoms with E-state index in [0.29, 0.717) is 0 Å². The monoisotopic (exact) mass is 299 g/mol. The molecule has 0 saturated carbocycles. The van der Waals surface area contributed by atoms with Gasteiger partial charge in [-0.1, -0.05) is 18.2 Å². The third-order valence-corrected chi connectivity index (χ3v) is 3.79. The summed E-state index contributed by atoms with van der Waals surface area (Å²) in [4.78, 5) is 12.6.